The van der Waals surface area contributed by atoms with E-state index >= 15 is 0 Å². The second kappa shape index (κ2) is 5.66. The fourth-order valence-electron chi connectivity index (χ4n) is 1.88. The molecule has 0 saturated carbocycles. The fourth-order valence-corrected chi connectivity index (χ4v) is 2.55. The predicted octanol–water partition coefficient (Wildman–Crippen LogP) is 4.49. The lowest BCUT2D eigenvalue weighted by atomic mass is 10.0. The van der Waals surface area contributed by atoms with Gasteiger partial charge in [-0.3, -0.25) is 0 Å². The molecule has 2 nitrogen and oxygen atoms in total. The van der Waals surface area contributed by atoms with Crippen LogP contribution in [0.25, 0.3) is 0 Å². The van der Waals surface area contributed by atoms with Crippen molar-refractivity contribution in [3.05, 3.63) is 9.02 Å². The van der Waals surface area contributed by atoms with Crippen molar-refractivity contribution >= 4 is 35.8 Å². The average Bonchev–Trinajstić information content (AvgIpc) is 2.29. The minimum Gasteiger partial charge on any atom is -0.372 e. The van der Waals surface area contributed by atoms with Crippen LogP contribution in [0.1, 0.15) is 40.5 Å². The van der Waals surface area contributed by atoms with Gasteiger partial charge in [-0.1, -0.05) is 37.8 Å². The molecule has 0 heterocycles. The van der Waals surface area contributed by atoms with Crippen LogP contribution in [-0.2, 0) is 0 Å². The first-order valence-corrected chi connectivity index (χ1v) is 7.31. The van der Waals surface area contributed by atoms with E-state index in [1.807, 2.05) is 0 Å². The van der Waals surface area contributed by atoms with E-state index in [4.69, 9.17) is 24.4 Å². The molecule has 0 fully saturated rings. The maximum atomic E-state index is 5.41. The first-order valence-electron chi connectivity index (χ1n) is 6.50. The molecule has 0 aliphatic carbocycles. The lowest BCUT2D eigenvalue weighted by molar-refractivity contribution is 0.537. The SMILES string of the molecule is CCCCN(C)c1c(N(C)C(C)(C)C)c(=S)c1=S. The molecular weight excluding hydrogens is 260 g/mol. The summed E-state index contributed by atoms with van der Waals surface area (Å²) in [5.74, 6) is 0. The quantitative estimate of drug-likeness (QED) is 0.735. The van der Waals surface area contributed by atoms with Crippen molar-refractivity contribution in [3.63, 3.8) is 0 Å². The molecule has 0 aliphatic rings. The second-order valence-electron chi connectivity index (χ2n) is 5.86. The number of nitrogens with zero attached hydrogens (tertiary/aromatic N) is 2. The molecule has 0 bridgehead atoms. The first kappa shape index (κ1) is 15.6. The number of unbranched alkanes of at least 4 members (excludes halogenated alkanes) is 1. The van der Waals surface area contributed by atoms with E-state index in [9.17, 15) is 0 Å². The van der Waals surface area contributed by atoms with Crippen LogP contribution >= 0.6 is 24.4 Å². The van der Waals surface area contributed by atoms with Gasteiger partial charge in [-0.05, 0) is 27.2 Å². The summed E-state index contributed by atoms with van der Waals surface area (Å²) in [5, 5.41) is 0. The summed E-state index contributed by atoms with van der Waals surface area (Å²) in [5.41, 5.74) is 2.36. The molecule has 1 aromatic rings. The molecule has 1 aromatic carbocycles. The molecule has 0 N–H and O–H groups in total. The molecule has 0 radical (unpaired) electrons. The molecule has 18 heavy (non-hydrogen) atoms. The maximum absolute atomic E-state index is 5.41. The Morgan fingerprint density at radius 3 is 1.94 bits per heavy atom. The molecule has 0 saturated heterocycles. The minimum absolute atomic E-state index is 0.0618. The Bertz CT molecular complexity index is 479. The van der Waals surface area contributed by atoms with Crippen LogP contribution in [0.2, 0.25) is 0 Å². The van der Waals surface area contributed by atoms with Crippen molar-refractivity contribution in [2.75, 3.05) is 30.4 Å². The van der Waals surface area contributed by atoms with Crippen LogP contribution in [0.15, 0.2) is 0 Å². The van der Waals surface area contributed by atoms with Crippen LogP contribution in [0.4, 0.5) is 11.4 Å². The zero-order valence-corrected chi connectivity index (χ0v) is 14.0. The van der Waals surface area contributed by atoms with Gasteiger partial charge in [-0.25, -0.2) is 0 Å². The third-order valence-electron chi connectivity index (χ3n) is 3.43. The number of hydrogen-bond donors (Lipinski definition) is 0. The molecule has 0 aliphatic heterocycles. The minimum atomic E-state index is 0.0618. The Balaban J connectivity index is 3.05. The smallest absolute Gasteiger partial charge is 0.0835 e. The van der Waals surface area contributed by atoms with Crippen LogP contribution in [0.5, 0.6) is 0 Å². The van der Waals surface area contributed by atoms with Gasteiger partial charge >= 0.3 is 0 Å². The van der Waals surface area contributed by atoms with Crippen LogP contribution < -0.4 is 9.80 Å². The third-order valence-corrected chi connectivity index (χ3v) is 4.36. The van der Waals surface area contributed by atoms with Gasteiger partial charge in [-0.15, -0.1) is 0 Å². The average molecular weight is 284 g/mol. The largest absolute Gasteiger partial charge is 0.372 e. The van der Waals surface area contributed by atoms with Gasteiger partial charge in [0.05, 0.1) is 20.4 Å². The topological polar surface area (TPSA) is 6.48 Å². The first-order chi connectivity index (χ1) is 8.21. The predicted molar refractivity (Wildman–Crippen MR) is 86.8 cm³/mol. The molecule has 0 amide bonds. The van der Waals surface area contributed by atoms with Gasteiger partial charge < -0.3 is 9.80 Å². The van der Waals surface area contributed by atoms with Crippen LogP contribution in [-0.4, -0.2) is 26.2 Å². The Morgan fingerprint density at radius 1 is 1.00 bits per heavy atom. The van der Waals surface area contributed by atoms with Gasteiger partial charge in [0.1, 0.15) is 0 Å². The fraction of sp³-hybridized carbons (Fsp3) is 0.714. The van der Waals surface area contributed by atoms with Gasteiger partial charge in [0.2, 0.25) is 0 Å². The molecule has 102 valence electrons. The van der Waals surface area contributed by atoms with Crippen LogP contribution in [0.3, 0.4) is 0 Å². The van der Waals surface area contributed by atoms with E-state index in [1.165, 1.54) is 12.8 Å². The lowest BCUT2D eigenvalue weighted by Crippen LogP contribution is -2.40. The summed E-state index contributed by atoms with van der Waals surface area (Å²) < 4.78 is 1.70. The van der Waals surface area contributed by atoms with Gasteiger partial charge in [-0.2, -0.15) is 0 Å². The highest BCUT2D eigenvalue weighted by molar-refractivity contribution is 7.74. The van der Waals surface area contributed by atoms with Crippen molar-refractivity contribution in [1.29, 1.82) is 0 Å². The lowest BCUT2D eigenvalue weighted by Gasteiger charge is -2.39. The van der Waals surface area contributed by atoms with Crippen molar-refractivity contribution in [1.82, 2.24) is 0 Å². The summed E-state index contributed by atoms with van der Waals surface area (Å²) in [6, 6.07) is 0. The molecule has 0 atom stereocenters. The van der Waals surface area contributed by atoms with E-state index in [2.05, 4.69) is 51.6 Å². The Morgan fingerprint density at radius 2 is 1.50 bits per heavy atom. The van der Waals surface area contributed by atoms with Gasteiger partial charge in [0.15, 0.2) is 0 Å². The molecule has 0 aromatic heterocycles. The molecular formula is C14H24N2S2. The molecule has 0 spiro atoms. The van der Waals surface area contributed by atoms with E-state index < -0.39 is 0 Å². The summed E-state index contributed by atoms with van der Waals surface area (Å²) in [6.07, 6.45) is 2.38. The Kier molecular flexibility index (Phi) is 4.90. The highest BCUT2D eigenvalue weighted by Crippen LogP contribution is 2.40. The van der Waals surface area contributed by atoms with E-state index in [1.54, 1.807) is 0 Å². The second-order valence-corrected chi connectivity index (χ2v) is 6.68. The highest BCUT2D eigenvalue weighted by Gasteiger charge is 2.27. The Hall–Kier alpha value is -0.480. The molecule has 0 unspecified atom stereocenters. The summed E-state index contributed by atoms with van der Waals surface area (Å²) in [7, 11) is 4.20. The normalized spacial score (nSPS) is 11.9. The van der Waals surface area contributed by atoms with Crippen LogP contribution in [0, 0.1) is 9.02 Å². The van der Waals surface area contributed by atoms with Crippen molar-refractivity contribution in [2.24, 2.45) is 0 Å². The van der Waals surface area contributed by atoms with E-state index in [0.29, 0.717) is 0 Å². The zero-order valence-electron chi connectivity index (χ0n) is 12.3. The third kappa shape index (κ3) is 2.91. The summed E-state index contributed by atoms with van der Waals surface area (Å²) >= 11 is 10.8. The zero-order chi connectivity index (χ0) is 14.1. The van der Waals surface area contributed by atoms with Gasteiger partial charge in [0.25, 0.3) is 0 Å². The van der Waals surface area contributed by atoms with Crippen molar-refractivity contribution in [3.8, 4) is 0 Å². The highest BCUT2D eigenvalue weighted by atomic mass is 32.1. The maximum Gasteiger partial charge on any atom is 0.0835 e. The standard InChI is InChI=1S/C14H24N2S2/c1-7-8-9-15(5)10-11(13(18)12(10)17)16(6)14(2,3)4/h7-9H2,1-6H3. The Labute approximate surface area is 121 Å². The molecule has 4 heteroatoms. The van der Waals surface area contributed by atoms with E-state index in [0.717, 1.165) is 26.9 Å². The number of rotatable bonds is 5. The number of anilines is 2. The van der Waals surface area contributed by atoms with Crippen molar-refractivity contribution < 1.29 is 0 Å². The monoisotopic (exact) mass is 284 g/mol. The van der Waals surface area contributed by atoms with Gasteiger partial charge in [0, 0.05) is 26.2 Å². The van der Waals surface area contributed by atoms with E-state index in [-0.39, 0.29) is 5.54 Å². The molecule has 1 rings (SSSR count). The van der Waals surface area contributed by atoms with Crippen molar-refractivity contribution in [2.45, 2.75) is 46.1 Å². The summed E-state index contributed by atoms with van der Waals surface area (Å²) in [6.45, 7) is 9.80. The number of hydrogen-bond acceptors (Lipinski definition) is 4. The summed E-state index contributed by atoms with van der Waals surface area (Å²) in [4.78, 5) is 4.49.